The third-order valence-electron chi connectivity index (χ3n) is 3.79. The number of fused-ring (bicyclic) bond motifs is 1. The third-order valence-corrected chi connectivity index (χ3v) is 5.96. The molecule has 2 aromatic carbocycles. The van der Waals surface area contributed by atoms with Crippen LogP contribution < -0.4 is 10.2 Å². The van der Waals surface area contributed by atoms with Crippen LogP contribution in [0.1, 0.15) is 19.4 Å². The van der Waals surface area contributed by atoms with Gasteiger partial charge in [-0.1, -0.05) is 6.07 Å². The molecule has 0 unspecified atom stereocenters. The van der Waals surface area contributed by atoms with E-state index in [9.17, 15) is 13.4 Å². The number of ether oxygens (including phenoxy) is 1. The van der Waals surface area contributed by atoms with Crippen molar-refractivity contribution in [1.82, 2.24) is 0 Å². The van der Waals surface area contributed by atoms with Crippen molar-refractivity contribution in [2.24, 2.45) is 0 Å². The highest BCUT2D eigenvalue weighted by Gasteiger charge is 2.27. The summed E-state index contributed by atoms with van der Waals surface area (Å²) in [4.78, 5) is 0.283. The number of sulfone groups is 1. The second-order valence-corrected chi connectivity index (χ2v) is 8.20. The molecular formula is C16H17BO5S. The molecule has 0 radical (unpaired) electrons. The number of hydrogen-bond donors (Lipinski definition) is 1. The van der Waals surface area contributed by atoms with Crippen LogP contribution in [0.15, 0.2) is 47.4 Å². The van der Waals surface area contributed by atoms with Gasteiger partial charge in [0.05, 0.1) is 16.8 Å². The van der Waals surface area contributed by atoms with Crippen LogP contribution in [0, 0.1) is 0 Å². The topological polar surface area (TPSA) is 72.8 Å². The Morgan fingerprint density at radius 2 is 1.78 bits per heavy atom. The Hall–Kier alpha value is -1.83. The average Bonchev–Trinajstić information content (AvgIpc) is 2.88. The Kier molecular flexibility index (Phi) is 4.18. The van der Waals surface area contributed by atoms with E-state index in [1.54, 1.807) is 50.2 Å². The highest BCUT2D eigenvalue weighted by Crippen LogP contribution is 2.25. The lowest BCUT2D eigenvalue weighted by Gasteiger charge is -2.10. The molecule has 0 spiro atoms. The maximum Gasteiger partial charge on any atom is 0.491 e. The smallest absolute Gasteiger partial charge is 0.457 e. The van der Waals surface area contributed by atoms with Gasteiger partial charge in [0, 0.05) is 0 Å². The zero-order valence-corrected chi connectivity index (χ0v) is 13.7. The van der Waals surface area contributed by atoms with E-state index in [4.69, 9.17) is 9.39 Å². The lowest BCUT2D eigenvalue weighted by atomic mass is 9.80. The van der Waals surface area contributed by atoms with Gasteiger partial charge in [-0.2, -0.15) is 0 Å². The molecule has 120 valence electrons. The van der Waals surface area contributed by atoms with Crippen molar-refractivity contribution in [1.29, 1.82) is 0 Å². The average molecular weight is 332 g/mol. The van der Waals surface area contributed by atoms with Crippen molar-refractivity contribution in [3.63, 3.8) is 0 Å². The highest BCUT2D eigenvalue weighted by molar-refractivity contribution is 7.92. The van der Waals surface area contributed by atoms with E-state index in [1.807, 2.05) is 6.07 Å². The van der Waals surface area contributed by atoms with Crippen LogP contribution in [-0.2, 0) is 21.1 Å². The fourth-order valence-electron chi connectivity index (χ4n) is 2.38. The van der Waals surface area contributed by atoms with Gasteiger partial charge in [0.2, 0.25) is 0 Å². The van der Waals surface area contributed by atoms with Crippen LogP contribution in [0.2, 0.25) is 0 Å². The Morgan fingerprint density at radius 3 is 2.43 bits per heavy atom. The molecule has 0 aromatic heterocycles. The summed E-state index contributed by atoms with van der Waals surface area (Å²) in [5, 5.41) is 9.13. The van der Waals surface area contributed by atoms with Crippen molar-refractivity contribution in [3.8, 4) is 11.5 Å². The SMILES string of the molecule is CC(C)S(=O)(=O)c1ccc(Oc2ccc3c(c2)COB3O)cc1. The van der Waals surface area contributed by atoms with Crippen LogP contribution in [-0.4, -0.2) is 25.8 Å². The minimum absolute atomic E-state index is 0.283. The normalized spacial score (nSPS) is 14.2. The zero-order valence-electron chi connectivity index (χ0n) is 12.9. The molecule has 1 N–H and O–H groups in total. The van der Waals surface area contributed by atoms with Crippen molar-refractivity contribution in [2.45, 2.75) is 30.6 Å². The highest BCUT2D eigenvalue weighted by atomic mass is 32.2. The Morgan fingerprint density at radius 1 is 1.13 bits per heavy atom. The maximum atomic E-state index is 12.1. The molecule has 23 heavy (non-hydrogen) atoms. The van der Waals surface area contributed by atoms with Crippen LogP contribution in [0.3, 0.4) is 0 Å². The monoisotopic (exact) mass is 332 g/mol. The summed E-state index contributed by atoms with van der Waals surface area (Å²) in [6.07, 6.45) is 0. The standard InChI is InChI=1S/C16H17BO5S/c1-11(2)23(19,20)15-6-3-13(4-7-15)22-14-5-8-16-12(9-14)10-21-17(16)18/h3-9,11,18H,10H2,1-2H3. The fraction of sp³-hybridized carbons (Fsp3) is 0.250. The van der Waals surface area contributed by atoms with Crippen molar-refractivity contribution in [3.05, 3.63) is 48.0 Å². The first kappa shape index (κ1) is 16.0. The lowest BCUT2D eigenvalue weighted by Crippen LogP contribution is -2.27. The van der Waals surface area contributed by atoms with Gasteiger partial charge in [0.15, 0.2) is 9.84 Å². The molecule has 1 aliphatic rings. The van der Waals surface area contributed by atoms with Gasteiger partial charge >= 0.3 is 7.12 Å². The predicted molar refractivity (Wildman–Crippen MR) is 87.7 cm³/mol. The molecular weight excluding hydrogens is 315 g/mol. The first-order valence-electron chi connectivity index (χ1n) is 7.32. The molecule has 0 saturated heterocycles. The fourth-order valence-corrected chi connectivity index (χ4v) is 3.44. The quantitative estimate of drug-likeness (QED) is 0.866. The van der Waals surface area contributed by atoms with E-state index >= 15 is 0 Å². The number of hydrogen-bond acceptors (Lipinski definition) is 5. The van der Waals surface area contributed by atoms with Crippen LogP contribution >= 0.6 is 0 Å². The molecule has 0 aliphatic carbocycles. The summed E-state index contributed by atoms with van der Waals surface area (Å²) in [6, 6.07) is 11.7. The molecule has 2 aromatic rings. The summed E-state index contributed by atoms with van der Waals surface area (Å²) in [6.45, 7) is 3.65. The molecule has 0 atom stereocenters. The molecule has 1 heterocycles. The van der Waals surface area contributed by atoms with E-state index in [1.165, 1.54) is 0 Å². The van der Waals surface area contributed by atoms with Gasteiger partial charge in [-0.15, -0.1) is 0 Å². The minimum Gasteiger partial charge on any atom is -0.457 e. The molecule has 5 nitrogen and oxygen atoms in total. The van der Waals surface area contributed by atoms with E-state index in [2.05, 4.69) is 0 Å². The summed E-state index contributed by atoms with van der Waals surface area (Å²) in [7, 11) is -4.16. The van der Waals surface area contributed by atoms with Crippen LogP contribution in [0.4, 0.5) is 0 Å². The van der Waals surface area contributed by atoms with Gasteiger partial charge in [-0.3, -0.25) is 0 Å². The Labute approximate surface area is 135 Å². The van der Waals surface area contributed by atoms with Gasteiger partial charge in [-0.25, -0.2) is 8.42 Å². The second kappa shape index (κ2) is 6.00. The molecule has 7 heteroatoms. The Bertz CT molecular complexity index is 815. The molecule has 1 aliphatic heterocycles. The molecule has 3 rings (SSSR count). The summed E-state index contributed by atoms with van der Waals surface area (Å²) < 4.78 is 35.0. The molecule has 0 fully saturated rings. The largest absolute Gasteiger partial charge is 0.491 e. The third kappa shape index (κ3) is 3.13. The van der Waals surface area contributed by atoms with E-state index in [0.717, 1.165) is 11.0 Å². The van der Waals surface area contributed by atoms with E-state index in [-0.39, 0.29) is 4.90 Å². The van der Waals surface area contributed by atoms with Crippen molar-refractivity contribution >= 4 is 22.4 Å². The van der Waals surface area contributed by atoms with Gasteiger partial charge in [0.25, 0.3) is 0 Å². The van der Waals surface area contributed by atoms with Gasteiger partial charge in [0.1, 0.15) is 11.5 Å². The van der Waals surface area contributed by atoms with Gasteiger partial charge < -0.3 is 14.4 Å². The number of benzene rings is 2. The summed E-state index contributed by atoms with van der Waals surface area (Å²) >= 11 is 0. The molecule has 0 bridgehead atoms. The summed E-state index contributed by atoms with van der Waals surface area (Å²) in [5.74, 6) is 1.16. The lowest BCUT2D eigenvalue weighted by molar-refractivity contribution is 0.275. The van der Waals surface area contributed by atoms with Crippen molar-refractivity contribution in [2.75, 3.05) is 0 Å². The molecule has 0 amide bonds. The maximum absolute atomic E-state index is 12.1. The minimum atomic E-state index is -3.28. The summed E-state index contributed by atoms with van der Waals surface area (Å²) in [5.41, 5.74) is 1.63. The van der Waals surface area contributed by atoms with Crippen LogP contribution in [0.5, 0.6) is 11.5 Å². The van der Waals surface area contributed by atoms with E-state index < -0.39 is 22.2 Å². The molecule has 0 saturated carbocycles. The predicted octanol–water partition coefficient (Wildman–Crippen LogP) is 1.88. The van der Waals surface area contributed by atoms with E-state index in [0.29, 0.717) is 18.1 Å². The zero-order chi connectivity index (χ0) is 16.6. The van der Waals surface area contributed by atoms with Gasteiger partial charge in [-0.05, 0) is 61.3 Å². The number of rotatable bonds is 4. The van der Waals surface area contributed by atoms with Crippen molar-refractivity contribution < 1.29 is 22.8 Å². The first-order valence-corrected chi connectivity index (χ1v) is 8.87. The van der Waals surface area contributed by atoms with Crippen LogP contribution in [0.25, 0.3) is 0 Å². The Balaban J connectivity index is 1.79. The second-order valence-electron chi connectivity index (χ2n) is 5.69. The first-order chi connectivity index (χ1) is 10.9.